The quantitative estimate of drug-likeness (QED) is 0.813. The van der Waals surface area contributed by atoms with Crippen molar-refractivity contribution >= 4 is 21.6 Å². The van der Waals surface area contributed by atoms with Crippen molar-refractivity contribution in [2.75, 3.05) is 25.0 Å². The molecule has 2 rings (SSSR count). The van der Waals surface area contributed by atoms with E-state index in [-0.39, 0.29) is 16.5 Å². The van der Waals surface area contributed by atoms with Crippen LogP contribution in [0.2, 0.25) is 0 Å². The highest BCUT2D eigenvalue weighted by Gasteiger charge is 2.22. The topological polar surface area (TPSA) is 88.6 Å². The Bertz CT molecular complexity index is 835. The Hall–Kier alpha value is -2.61. The normalized spacial score (nSPS) is 11.0. The minimum absolute atomic E-state index is 0.129. The fourth-order valence-corrected chi connectivity index (χ4v) is 3.30. The van der Waals surface area contributed by atoms with Crippen LogP contribution in [0.4, 0.5) is 5.69 Å². The molecule has 0 unspecified atom stereocenters. The van der Waals surface area contributed by atoms with Gasteiger partial charge in [0.25, 0.3) is 15.9 Å². The van der Waals surface area contributed by atoms with Crippen molar-refractivity contribution in [1.82, 2.24) is 10.3 Å². The van der Waals surface area contributed by atoms with Crippen molar-refractivity contribution in [3.63, 3.8) is 0 Å². The molecule has 0 saturated carbocycles. The Kier molecular flexibility index (Phi) is 5.97. The molecule has 0 radical (unpaired) electrons. The number of sulfonamides is 1. The van der Waals surface area contributed by atoms with E-state index in [0.29, 0.717) is 18.0 Å². The Balaban J connectivity index is 2.29. The summed E-state index contributed by atoms with van der Waals surface area (Å²) in [4.78, 5) is 16.1. The maximum absolute atomic E-state index is 12.7. The van der Waals surface area contributed by atoms with Gasteiger partial charge in [-0.25, -0.2) is 8.42 Å². The number of hydrogen-bond acceptors (Lipinski definition) is 5. The summed E-state index contributed by atoms with van der Waals surface area (Å²) in [6.07, 6.45) is 2.22. The van der Waals surface area contributed by atoms with Crippen LogP contribution in [0, 0.1) is 0 Å². The van der Waals surface area contributed by atoms with Crippen molar-refractivity contribution in [3.05, 3.63) is 48.3 Å². The zero-order chi connectivity index (χ0) is 18.4. The van der Waals surface area contributed by atoms with E-state index in [2.05, 4.69) is 10.3 Å². The van der Waals surface area contributed by atoms with E-state index in [1.54, 1.807) is 12.1 Å². The molecule has 0 bridgehead atoms. The predicted octanol–water partition coefficient (Wildman–Crippen LogP) is 2.06. The van der Waals surface area contributed by atoms with Gasteiger partial charge in [0.1, 0.15) is 11.4 Å². The average molecular weight is 363 g/mol. The lowest BCUT2D eigenvalue weighted by Gasteiger charge is -2.20. The van der Waals surface area contributed by atoms with Gasteiger partial charge in [0.15, 0.2) is 0 Å². The zero-order valence-corrected chi connectivity index (χ0v) is 15.2. The van der Waals surface area contributed by atoms with Crippen molar-refractivity contribution in [3.8, 4) is 5.75 Å². The third-order valence-electron chi connectivity index (χ3n) is 3.59. The van der Waals surface area contributed by atoms with Gasteiger partial charge in [-0.15, -0.1) is 0 Å². The number of carbonyl (C=O) groups excluding carboxylic acids is 1. The van der Waals surface area contributed by atoms with Crippen LogP contribution in [-0.2, 0) is 10.0 Å². The summed E-state index contributed by atoms with van der Waals surface area (Å²) in [5, 5.41) is 2.71. The number of rotatable bonds is 7. The number of benzene rings is 1. The van der Waals surface area contributed by atoms with Crippen molar-refractivity contribution in [2.45, 2.75) is 18.2 Å². The monoisotopic (exact) mass is 363 g/mol. The molecule has 25 heavy (non-hydrogen) atoms. The second-order valence-corrected chi connectivity index (χ2v) is 7.27. The van der Waals surface area contributed by atoms with Gasteiger partial charge < -0.3 is 10.1 Å². The molecular formula is C17H21N3O4S. The third kappa shape index (κ3) is 4.27. The Morgan fingerprint density at radius 1 is 1.24 bits per heavy atom. The van der Waals surface area contributed by atoms with Gasteiger partial charge in [0.05, 0.1) is 17.7 Å². The number of ether oxygens (including phenoxy) is 1. The van der Waals surface area contributed by atoms with Gasteiger partial charge in [-0.05, 0) is 42.8 Å². The lowest BCUT2D eigenvalue weighted by atomic mass is 10.3. The van der Waals surface area contributed by atoms with Gasteiger partial charge in [0.2, 0.25) is 0 Å². The van der Waals surface area contributed by atoms with Gasteiger partial charge in [-0.1, -0.05) is 6.92 Å². The van der Waals surface area contributed by atoms with E-state index >= 15 is 0 Å². The summed E-state index contributed by atoms with van der Waals surface area (Å²) >= 11 is 0. The van der Waals surface area contributed by atoms with Gasteiger partial charge >= 0.3 is 0 Å². The number of aromatic nitrogens is 1. The first-order valence-corrected chi connectivity index (χ1v) is 9.21. The van der Waals surface area contributed by atoms with Crippen LogP contribution in [0.1, 0.15) is 23.8 Å². The number of nitrogens with one attached hydrogen (secondary N) is 1. The second kappa shape index (κ2) is 7.98. The number of pyridine rings is 1. The lowest BCUT2D eigenvalue weighted by molar-refractivity contribution is 0.0948. The zero-order valence-electron chi connectivity index (χ0n) is 14.4. The van der Waals surface area contributed by atoms with E-state index in [1.165, 1.54) is 44.6 Å². The molecule has 1 heterocycles. The Morgan fingerprint density at radius 3 is 2.52 bits per heavy atom. The van der Waals surface area contributed by atoms with Crippen LogP contribution in [0.3, 0.4) is 0 Å². The predicted molar refractivity (Wildman–Crippen MR) is 95.4 cm³/mol. The van der Waals surface area contributed by atoms with E-state index < -0.39 is 10.0 Å². The summed E-state index contributed by atoms with van der Waals surface area (Å²) in [6.45, 7) is 2.48. The summed E-state index contributed by atoms with van der Waals surface area (Å²) in [7, 11) is -0.813. The lowest BCUT2D eigenvalue weighted by Crippen LogP contribution is -2.28. The minimum Gasteiger partial charge on any atom is -0.497 e. The smallest absolute Gasteiger partial charge is 0.269 e. The largest absolute Gasteiger partial charge is 0.497 e. The highest BCUT2D eigenvalue weighted by Crippen LogP contribution is 2.23. The Labute approximate surface area is 147 Å². The Morgan fingerprint density at radius 2 is 1.92 bits per heavy atom. The molecule has 7 nitrogen and oxygen atoms in total. The standard InChI is InChI=1S/C17H21N3O4S/c1-4-10-19-17(21)16-12-13(9-11-18-16)20(2)25(22,23)15-7-5-14(24-3)6-8-15/h5-9,11-12H,4,10H2,1-3H3,(H,19,21). The number of nitrogens with zero attached hydrogens (tertiary/aromatic N) is 2. The molecule has 134 valence electrons. The molecule has 1 aromatic carbocycles. The first-order chi connectivity index (χ1) is 11.9. The summed E-state index contributed by atoms with van der Waals surface area (Å²) in [6, 6.07) is 9.10. The number of methoxy groups -OCH3 is 1. The first-order valence-electron chi connectivity index (χ1n) is 7.77. The number of carbonyl (C=O) groups is 1. The second-order valence-electron chi connectivity index (χ2n) is 5.30. The van der Waals surface area contributed by atoms with E-state index in [0.717, 1.165) is 10.7 Å². The van der Waals surface area contributed by atoms with Crippen LogP contribution < -0.4 is 14.4 Å². The van der Waals surface area contributed by atoms with Gasteiger partial charge in [0, 0.05) is 19.8 Å². The maximum Gasteiger partial charge on any atom is 0.269 e. The molecule has 1 N–H and O–H groups in total. The highest BCUT2D eigenvalue weighted by atomic mass is 32.2. The van der Waals surface area contributed by atoms with Crippen LogP contribution in [0.15, 0.2) is 47.5 Å². The maximum atomic E-state index is 12.7. The SMILES string of the molecule is CCCNC(=O)c1cc(N(C)S(=O)(=O)c2ccc(OC)cc2)ccn1. The van der Waals surface area contributed by atoms with Crippen molar-refractivity contribution in [2.24, 2.45) is 0 Å². The molecule has 2 aromatic rings. The first kappa shape index (κ1) is 18.7. The molecule has 0 atom stereocenters. The molecule has 0 aliphatic rings. The minimum atomic E-state index is -3.76. The van der Waals surface area contributed by atoms with Crippen molar-refractivity contribution < 1.29 is 17.9 Å². The summed E-state index contributed by atoms with van der Waals surface area (Å²) < 4.78 is 31.7. The molecule has 0 aliphatic heterocycles. The van der Waals surface area contributed by atoms with E-state index in [9.17, 15) is 13.2 Å². The number of anilines is 1. The molecule has 0 spiro atoms. The highest BCUT2D eigenvalue weighted by molar-refractivity contribution is 7.92. The molecule has 8 heteroatoms. The number of amides is 1. The molecular weight excluding hydrogens is 342 g/mol. The van der Waals surface area contributed by atoms with Crippen molar-refractivity contribution in [1.29, 1.82) is 0 Å². The summed E-state index contributed by atoms with van der Waals surface area (Å²) in [5.74, 6) is 0.236. The summed E-state index contributed by atoms with van der Waals surface area (Å²) in [5.41, 5.74) is 0.523. The molecule has 0 fully saturated rings. The number of hydrogen-bond donors (Lipinski definition) is 1. The van der Waals surface area contributed by atoms with E-state index in [4.69, 9.17) is 4.74 Å². The van der Waals surface area contributed by atoms with E-state index in [1.807, 2.05) is 6.92 Å². The third-order valence-corrected chi connectivity index (χ3v) is 5.39. The van der Waals surface area contributed by atoms with Crippen LogP contribution >= 0.6 is 0 Å². The fourth-order valence-electron chi connectivity index (χ4n) is 2.11. The molecule has 1 amide bonds. The average Bonchev–Trinajstić information content (AvgIpc) is 2.65. The van der Waals surface area contributed by atoms with Crippen LogP contribution in [-0.4, -0.2) is 40.0 Å². The fraction of sp³-hybridized carbons (Fsp3) is 0.294. The molecule has 1 aromatic heterocycles. The van der Waals surface area contributed by atoms with Gasteiger partial charge in [-0.3, -0.25) is 14.1 Å². The van der Waals surface area contributed by atoms with Crippen LogP contribution in [0.25, 0.3) is 0 Å². The van der Waals surface area contributed by atoms with Crippen LogP contribution in [0.5, 0.6) is 5.75 Å². The van der Waals surface area contributed by atoms with Gasteiger partial charge in [-0.2, -0.15) is 0 Å². The molecule has 0 saturated heterocycles. The molecule has 0 aliphatic carbocycles.